The van der Waals surface area contributed by atoms with E-state index in [0.29, 0.717) is 52.4 Å². The Morgan fingerprint density at radius 1 is 1.06 bits per heavy atom. The van der Waals surface area contributed by atoms with E-state index in [1.165, 1.54) is 17.7 Å². The van der Waals surface area contributed by atoms with Crippen LogP contribution in [-0.2, 0) is 26.1 Å². The quantitative estimate of drug-likeness (QED) is 0.602. The molecule has 33 heavy (non-hydrogen) atoms. The summed E-state index contributed by atoms with van der Waals surface area (Å²) in [4.78, 5) is 20.3. The molecule has 5 nitrogen and oxygen atoms in total. The van der Waals surface area contributed by atoms with Crippen molar-refractivity contribution in [2.24, 2.45) is 5.92 Å². The van der Waals surface area contributed by atoms with Gasteiger partial charge in [0.25, 0.3) is 0 Å². The average molecular weight is 449 g/mol. The number of fused-ring (bicyclic) bond motifs is 1. The zero-order chi connectivity index (χ0) is 22.7. The van der Waals surface area contributed by atoms with Crippen LogP contribution in [0.2, 0.25) is 0 Å². The predicted molar refractivity (Wildman–Crippen MR) is 124 cm³/mol. The average Bonchev–Trinajstić information content (AvgIpc) is 3.09. The van der Waals surface area contributed by atoms with Crippen LogP contribution < -0.4 is 0 Å². The molecular weight excluding hydrogens is 419 g/mol. The molecule has 0 radical (unpaired) electrons. The van der Waals surface area contributed by atoms with Crippen LogP contribution in [0.4, 0.5) is 4.39 Å². The Kier molecular flexibility index (Phi) is 6.38. The van der Waals surface area contributed by atoms with Gasteiger partial charge in [-0.25, -0.2) is 4.39 Å². The van der Waals surface area contributed by atoms with Gasteiger partial charge in [-0.1, -0.05) is 24.3 Å². The van der Waals surface area contributed by atoms with E-state index >= 15 is 0 Å². The van der Waals surface area contributed by atoms with Crippen LogP contribution >= 0.6 is 0 Å². The molecule has 5 rings (SSSR count). The number of carbonyl (C=O) groups excluding carboxylic acids is 1. The number of pyridine rings is 1. The minimum Gasteiger partial charge on any atom is -0.381 e. The maximum Gasteiger partial charge on any atom is 0.233 e. The van der Waals surface area contributed by atoms with Gasteiger partial charge in [0, 0.05) is 43.8 Å². The second kappa shape index (κ2) is 9.57. The summed E-state index contributed by atoms with van der Waals surface area (Å²) < 4.78 is 25.6. The van der Waals surface area contributed by atoms with E-state index in [0.717, 1.165) is 22.9 Å². The summed E-state index contributed by atoms with van der Waals surface area (Å²) in [7, 11) is 0. The van der Waals surface area contributed by atoms with Crippen LogP contribution in [0.15, 0.2) is 60.8 Å². The monoisotopic (exact) mass is 448 g/mol. The summed E-state index contributed by atoms with van der Waals surface area (Å²) in [6, 6.07) is 16.9. The number of benzene rings is 2. The van der Waals surface area contributed by atoms with E-state index in [4.69, 9.17) is 9.47 Å². The summed E-state index contributed by atoms with van der Waals surface area (Å²) in [6.45, 7) is 3.31. The highest BCUT2D eigenvalue weighted by molar-refractivity contribution is 5.88. The molecular formula is C27H29FN2O3. The molecule has 0 N–H and O–H groups in total. The van der Waals surface area contributed by atoms with Gasteiger partial charge in [0.1, 0.15) is 5.82 Å². The van der Waals surface area contributed by atoms with E-state index in [-0.39, 0.29) is 17.6 Å². The highest BCUT2D eigenvalue weighted by Gasteiger charge is 2.44. The Morgan fingerprint density at radius 3 is 2.79 bits per heavy atom. The molecule has 172 valence electrons. The van der Waals surface area contributed by atoms with Gasteiger partial charge in [-0.3, -0.25) is 9.78 Å². The molecule has 1 atom stereocenters. The van der Waals surface area contributed by atoms with Gasteiger partial charge in [0.2, 0.25) is 5.91 Å². The molecule has 2 aromatic carbocycles. The summed E-state index contributed by atoms with van der Waals surface area (Å²) >= 11 is 0. The molecule has 0 bridgehead atoms. The molecule has 0 aliphatic carbocycles. The van der Waals surface area contributed by atoms with Crippen molar-refractivity contribution in [2.45, 2.75) is 24.7 Å². The molecule has 2 saturated heterocycles. The Balaban J connectivity index is 1.38. The number of halogens is 1. The maximum absolute atomic E-state index is 14.1. The molecule has 6 heteroatoms. The first kappa shape index (κ1) is 22.0. The number of ether oxygens (including phenoxy) is 2. The molecule has 2 aliphatic heterocycles. The molecule has 3 aromatic rings. The fourth-order valence-electron chi connectivity index (χ4n) is 5.21. The number of hydrogen-bond donors (Lipinski definition) is 0. The van der Waals surface area contributed by atoms with Crippen molar-refractivity contribution in [3.8, 4) is 0 Å². The Hall–Kier alpha value is -2.83. The molecule has 3 heterocycles. The predicted octanol–water partition coefficient (Wildman–Crippen LogP) is 4.14. The fourth-order valence-corrected chi connectivity index (χ4v) is 5.21. The van der Waals surface area contributed by atoms with Gasteiger partial charge in [-0.15, -0.1) is 0 Å². The molecule has 1 amide bonds. The SMILES string of the molecule is O=C(N1CCOCC(Cc2ccc3ncccc3c2)C1)C1(c2cccc(F)c2)CCOCC1. The van der Waals surface area contributed by atoms with Gasteiger partial charge < -0.3 is 14.4 Å². The van der Waals surface area contributed by atoms with Crippen LogP contribution in [0.25, 0.3) is 10.9 Å². The summed E-state index contributed by atoms with van der Waals surface area (Å²) in [5, 5.41) is 1.12. The van der Waals surface area contributed by atoms with Crippen molar-refractivity contribution in [1.82, 2.24) is 9.88 Å². The number of amides is 1. The lowest BCUT2D eigenvalue weighted by Gasteiger charge is -2.40. The van der Waals surface area contributed by atoms with Gasteiger partial charge in [0.15, 0.2) is 0 Å². The molecule has 2 fully saturated rings. The third-order valence-corrected chi connectivity index (χ3v) is 6.95. The zero-order valence-corrected chi connectivity index (χ0v) is 18.7. The van der Waals surface area contributed by atoms with Crippen LogP contribution in [0.1, 0.15) is 24.0 Å². The van der Waals surface area contributed by atoms with Crippen molar-refractivity contribution >= 4 is 16.8 Å². The minimum absolute atomic E-state index is 0.0645. The zero-order valence-electron chi connectivity index (χ0n) is 18.7. The largest absolute Gasteiger partial charge is 0.381 e. The second-order valence-electron chi connectivity index (χ2n) is 9.13. The van der Waals surface area contributed by atoms with Gasteiger partial charge in [-0.05, 0) is 60.7 Å². The van der Waals surface area contributed by atoms with Crippen LogP contribution in [-0.4, -0.2) is 55.3 Å². The van der Waals surface area contributed by atoms with Crippen molar-refractivity contribution in [3.05, 3.63) is 77.7 Å². The lowest BCUT2D eigenvalue weighted by Crippen LogP contribution is -2.51. The van der Waals surface area contributed by atoms with E-state index in [1.807, 2.05) is 23.1 Å². The third-order valence-electron chi connectivity index (χ3n) is 6.95. The molecule has 2 aliphatic rings. The smallest absolute Gasteiger partial charge is 0.233 e. The Morgan fingerprint density at radius 2 is 1.94 bits per heavy atom. The summed E-state index contributed by atoms with van der Waals surface area (Å²) in [6.07, 6.45) is 3.75. The Bertz CT molecular complexity index is 1130. The van der Waals surface area contributed by atoms with Crippen LogP contribution in [0.5, 0.6) is 0 Å². The third kappa shape index (κ3) is 4.63. The van der Waals surface area contributed by atoms with Crippen LogP contribution in [0, 0.1) is 11.7 Å². The minimum atomic E-state index is -0.746. The fraction of sp³-hybridized carbons (Fsp3) is 0.407. The number of carbonyl (C=O) groups is 1. The molecule has 0 saturated carbocycles. The first-order valence-corrected chi connectivity index (χ1v) is 11.7. The van der Waals surface area contributed by atoms with Gasteiger partial charge >= 0.3 is 0 Å². The Labute approximate surface area is 193 Å². The van der Waals surface area contributed by atoms with Crippen molar-refractivity contribution in [1.29, 1.82) is 0 Å². The lowest BCUT2D eigenvalue weighted by atomic mass is 9.72. The van der Waals surface area contributed by atoms with Gasteiger partial charge in [0.05, 0.1) is 24.1 Å². The maximum atomic E-state index is 14.1. The highest BCUT2D eigenvalue weighted by Crippen LogP contribution is 2.37. The first-order chi connectivity index (χ1) is 16.1. The van der Waals surface area contributed by atoms with Crippen molar-refractivity contribution < 1.29 is 18.7 Å². The lowest BCUT2D eigenvalue weighted by molar-refractivity contribution is -0.141. The standard InChI is InChI=1S/C27H29FN2O3/c28-24-5-1-4-23(17-24)27(8-12-32-13-9-27)26(31)30-11-14-33-19-21(18-30)15-20-6-7-25-22(16-20)3-2-10-29-25/h1-7,10,16-17,21H,8-9,11-15,18-19H2. The van der Waals surface area contributed by atoms with E-state index in [1.54, 1.807) is 12.3 Å². The number of rotatable bonds is 4. The highest BCUT2D eigenvalue weighted by atomic mass is 19.1. The number of nitrogens with zero attached hydrogens (tertiary/aromatic N) is 2. The summed E-state index contributed by atoms with van der Waals surface area (Å²) in [5.74, 6) is -0.0568. The second-order valence-corrected chi connectivity index (χ2v) is 9.13. The van der Waals surface area contributed by atoms with E-state index in [9.17, 15) is 9.18 Å². The topological polar surface area (TPSA) is 51.7 Å². The summed E-state index contributed by atoms with van der Waals surface area (Å²) in [5.41, 5.74) is 2.19. The normalized spacial score (nSPS) is 21.0. The van der Waals surface area contributed by atoms with E-state index in [2.05, 4.69) is 23.2 Å². The van der Waals surface area contributed by atoms with Gasteiger partial charge in [-0.2, -0.15) is 0 Å². The molecule has 0 spiro atoms. The van der Waals surface area contributed by atoms with E-state index < -0.39 is 5.41 Å². The van der Waals surface area contributed by atoms with Crippen LogP contribution in [0.3, 0.4) is 0 Å². The first-order valence-electron chi connectivity index (χ1n) is 11.7. The van der Waals surface area contributed by atoms with Crippen molar-refractivity contribution in [3.63, 3.8) is 0 Å². The molecule has 1 unspecified atom stereocenters. The number of aromatic nitrogens is 1. The van der Waals surface area contributed by atoms with Crippen molar-refractivity contribution in [2.75, 3.05) is 39.5 Å². The number of hydrogen-bond acceptors (Lipinski definition) is 4. The molecule has 1 aromatic heterocycles.